The van der Waals surface area contributed by atoms with Crippen LogP contribution in [0, 0.1) is 18.3 Å². The number of aromatic amines is 1. The first-order valence-electron chi connectivity index (χ1n) is 8.12. The molecule has 4 aromatic rings. The van der Waals surface area contributed by atoms with Gasteiger partial charge in [0.1, 0.15) is 11.1 Å². The number of hydrogen-bond donors (Lipinski definition) is 1. The maximum atomic E-state index is 12.9. The van der Waals surface area contributed by atoms with Crippen LogP contribution >= 0.6 is 27.3 Å². The predicted octanol–water partition coefficient (Wildman–Crippen LogP) is 4.91. The Bertz CT molecular complexity index is 1240. The van der Waals surface area contributed by atoms with Crippen molar-refractivity contribution in [2.75, 3.05) is 0 Å². The number of H-pyrrole nitrogens is 1. The van der Waals surface area contributed by atoms with Crippen LogP contribution in [0.5, 0.6) is 0 Å². The number of halogens is 1. The molecule has 2 aromatic heterocycles. The highest BCUT2D eigenvalue weighted by Crippen LogP contribution is 2.28. The molecule has 0 saturated heterocycles. The Morgan fingerprint density at radius 3 is 2.70 bits per heavy atom. The van der Waals surface area contributed by atoms with Crippen LogP contribution in [-0.4, -0.2) is 14.8 Å². The van der Waals surface area contributed by atoms with Gasteiger partial charge in [-0.2, -0.15) is 5.26 Å². The largest absolute Gasteiger partial charge is 0.295 e. The van der Waals surface area contributed by atoms with E-state index in [4.69, 9.17) is 0 Å². The molecule has 4 rings (SSSR count). The second-order valence-electron chi connectivity index (χ2n) is 5.92. The summed E-state index contributed by atoms with van der Waals surface area (Å²) in [5.74, 6) is 0. The summed E-state index contributed by atoms with van der Waals surface area (Å²) in [6, 6.07) is 17.3. The highest BCUT2D eigenvalue weighted by Gasteiger charge is 2.14. The quantitative estimate of drug-likeness (QED) is 0.463. The maximum Gasteiger partial charge on any atom is 0.278 e. The van der Waals surface area contributed by atoms with Gasteiger partial charge in [0.2, 0.25) is 0 Å². The first-order valence-corrected chi connectivity index (χ1v) is 9.73. The maximum absolute atomic E-state index is 12.9. The molecule has 1 N–H and O–H groups in total. The lowest BCUT2D eigenvalue weighted by molar-refractivity contribution is 0.835. The number of nitrogens with zero attached hydrogens (tertiary/aromatic N) is 3. The lowest BCUT2D eigenvalue weighted by Gasteiger charge is -2.00. The number of nitriles is 1. The molecule has 0 fully saturated rings. The summed E-state index contributed by atoms with van der Waals surface area (Å²) in [6.07, 6.45) is 1.61. The summed E-state index contributed by atoms with van der Waals surface area (Å²) in [5.41, 5.74) is 2.88. The van der Waals surface area contributed by atoms with Crippen molar-refractivity contribution < 1.29 is 0 Å². The SMILES string of the molecule is Cc1[nH]n(-c2ccc(Br)cc2)c(=O)c1C=C(C#N)c1nc2ccccc2s1. The second kappa shape index (κ2) is 6.99. The molecule has 0 aliphatic carbocycles. The minimum atomic E-state index is -0.205. The van der Waals surface area contributed by atoms with E-state index in [0.717, 1.165) is 20.4 Å². The Hall–Kier alpha value is -2.95. The van der Waals surface area contributed by atoms with E-state index in [9.17, 15) is 10.1 Å². The van der Waals surface area contributed by atoms with Crippen molar-refractivity contribution in [3.8, 4) is 11.8 Å². The number of benzene rings is 2. The van der Waals surface area contributed by atoms with E-state index in [1.165, 1.54) is 16.0 Å². The summed E-state index contributed by atoms with van der Waals surface area (Å²) in [6.45, 7) is 1.82. The van der Waals surface area contributed by atoms with E-state index in [1.807, 2.05) is 55.5 Å². The highest BCUT2D eigenvalue weighted by molar-refractivity contribution is 9.10. The van der Waals surface area contributed by atoms with Crippen LogP contribution in [-0.2, 0) is 0 Å². The van der Waals surface area contributed by atoms with Gasteiger partial charge in [0.25, 0.3) is 5.56 Å². The van der Waals surface area contributed by atoms with Crippen molar-refractivity contribution in [2.45, 2.75) is 6.92 Å². The molecule has 27 heavy (non-hydrogen) atoms. The topological polar surface area (TPSA) is 74.5 Å². The molecular weight excluding hydrogens is 424 g/mol. The zero-order valence-corrected chi connectivity index (χ0v) is 16.6. The number of rotatable bonds is 3. The number of para-hydroxylation sites is 1. The van der Waals surface area contributed by atoms with E-state index >= 15 is 0 Å². The van der Waals surface area contributed by atoms with Crippen LogP contribution in [0.1, 0.15) is 16.3 Å². The number of aromatic nitrogens is 3. The third kappa shape index (κ3) is 3.25. The Labute approximate surface area is 167 Å². The van der Waals surface area contributed by atoms with E-state index < -0.39 is 0 Å². The van der Waals surface area contributed by atoms with Gasteiger partial charge in [-0.15, -0.1) is 11.3 Å². The molecule has 0 unspecified atom stereocenters. The minimum Gasteiger partial charge on any atom is -0.295 e. The van der Waals surface area contributed by atoms with Gasteiger partial charge >= 0.3 is 0 Å². The van der Waals surface area contributed by atoms with Crippen LogP contribution in [0.15, 0.2) is 57.8 Å². The van der Waals surface area contributed by atoms with Gasteiger partial charge in [-0.1, -0.05) is 28.1 Å². The molecule has 0 amide bonds. The van der Waals surface area contributed by atoms with Gasteiger partial charge < -0.3 is 0 Å². The van der Waals surface area contributed by atoms with E-state index in [-0.39, 0.29) is 5.56 Å². The van der Waals surface area contributed by atoms with E-state index in [1.54, 1.807) is 6.08 Å². The van der Waals surface area contributed by atoms with Crippen molar-refractivity contribution >= 4 is 49.1 Å². The number of fused-ring (bicyclic) bond motifs is 1. The van der Waals surface area contributed by atoms with Gasteiger partial charge in [-0.3, -0.25) is 9.89 Å². The highest BCUT2D eigenvalue weighted by atomic mass is 79.9. The lowest BCUT2D eigenvalue weighted by atomic mass is 10.1. The third-order valence-electron chi connectivity index (χ3n) is 4.14. The van der Waals surface area contributed by atoms with E-state index in [0.29, 0.717) is 21.8 Å². The number of hydrogen-bond acceptors (Lipinski definition) is 4. The van der Waals surface area contributed by atoms with Crippen LogP contribution in [0.25, 0.3) is 27.6 Å². The van der Waals surface area contributed by atoms with Gasteiger partial charge in [0, 0.05) is 10.2 Å². The monoisotopic (exact) mass is 436 g/mol. The lowest BCUT2D eigenvalue weighted by Crippen LogP contribution is -2.15. The van der Waals surface area contributed by atoms with Gasteiger partial charge in [-0.25, -0.2) is 9.67 Å². The molecule has 0 aliphatic rings. The molecule has 0 radical (unpaired) electrons. The van der Waals surface area contributed by atoms with Crippen LogP contribution in [0.3, 0.4) is 0 Å². The summed E-state index contributed by atoms with van der Waals surface area (Å²) in [4.78, 5) is 17.4. The number of nitrogens with one attached hydrogen (secondary N) is 1. The molecule has 5 nitrogen and oxygen atoms in total. The Kier molecular flexibility index (Phi) is 4.52. The molecule has 0 spiro atoms. The molecule has 0 bridgehead atoms. The van der Waals surface area contributed by atoms with Gasteiger partial charge in [0.05, 0.1) is 27.0 Å². The molecule has 2 heterocycles. The van der Waals surface area contributed by atoms with Crippen LogP contribution < -0.4 is 5.56 Å². The molecule has 132 valence electrons. The summed E-state index contributed by atoms with van der Waals surface area (Å²) in [7, 11) is 0. The minimum absolute atomic E-state index is 0.205. The van der Waals surface area contributed by atoms with Crippen molar-refractivity contribution in [1.82, 2.24) is 14.8 Å². The molecule has 0 atom stereocenters. The summed E-state index contributed by atoms with van der Waals surface area (Å²) in [5, 5.41) is 13.3. The predicted molar refractivity (Wildman–Crippen MR) is 112 cm³/mol. The number of thiazole rings is 1. The third-order valence-corrected chi connectivity index (χ3v) is 5.73. The summed E-state index contributed by atoms with van der Waals surface area (Å²) < 4.78 is 3.41. The molecular formula is C20H13BrN4OS. The van der Waals surface area contributed by atoms with Gasteiger partial charge in [0.15, 0.2) is 0 Å². The second-order valence-corrected chi connectivity index (χ2v) is 7.87. The number of aryl methyl sites for hydroxylation is 1. The van der Waals surface area contributed by atoms with Crippen molar-refractivity contribution in [1.29, 1.82) is 5.26 Å². The fourth-order valence-electron chi connectivity index (χ4n) is 2.78. The zero-order valence-electron chi connectivity index (χ0n) is 14.2. The Morgan fingerprint density at radius 2 is 2.00 bits per heavy atom. The van der Waals surface area contributed by atoms with Crippen molar-refractivity contribution in [3.05, 3.63) is 79.6 Å². The smallest absolute Gasteiger partial charge is 0.278 e. The number of allylic oxidation sites excluding steroid dienone is 1. The average molecular weight is 437 g/mol. The molecule has 2 aromatic carbocycles. The molecule has 7 heteroatoms. The standard InChI is InChI=1S/C20H13BrN4OS/c1-12-16(20(26)25(24-12)15-8-6-14(21)7-9-15)10-13(11-22)19-23-17-4-2-3-5-18(17)27-19/h2-10,24H,1H3. The fourth-order valence-corrected chi connectivity index (χ4v) is 3.97. The zero-order chi connectivity index (χ0) is 19.0. The van der Waals surface area contributed by atoms with E-state index in [2.05, 4.69) is 32.1 Å². The summed E-state index contributed by atoms with van der Waals surface area (Å²) >= 11 is 4.83. The average Bonchev–Trinajstić information content (AvgIpc) is 3.22. The normalized spacial score (nSPS) is 11.7. The molecule has 0 saturated carbocycles. The Morgan fingerprint density at radius 1 is 1.26 bits per heavy atom. The van der Waals surface area contributed by atoms with Crippen molar-refractivity contribution in [3.63, 3.8) is 0 Å². The van der Waals surface area contributed by atoms with Crippen molar-refractivity contribution in [2.24, 2.45) is 0 Å². The Balaban J connectivity index is 1.81. The van der Waals surface area contributed by atoms with Crippen LogP contribution in [0.2, 0.25) is 0 Å². The first-order chi connectivity index (χ1) is 13.1. The fraction of sp³-hybridized carbons (Fsp3) is 0.0500. The first kappa shape index (κ1) is 17.5. The van der Waals surface area contributed by atoms with Crippen LogP contribution in [0.4, 0.5) is 0 Å². The molecule has 0 aliphatic heterocycles. The van der Waals surface area contributed by atoms with Gasteiger partial charge in [-0.05, 0) is 49.4 Å².